The van der Waals surface area contributed by atoms with Crippen LogP contribution in [0.15, 0.2) is 34.7 Å². The van der Waals surface area contributed by atoms with E-state index in [1.165, 1.54) is 0 Å². The van der Waals surface area contributed by atoms with E-state index >= 15 is 0 Å². The Morgan fingerprint density at radius 2 is 1.88 bits per heavy atom. The Hall–Kier alpha value is -2.27. The predicted molar refractivity (Wildman–Crippen MR) is 99.1 cm³/mol. The summed E-state index contributed by atoms with van der Waals surface area (Å²) in [4.78, 5) is 16.9. The first-order chi connectivity index (χ1) is 11.9. The lowest BCUT2D eigenvalue weighted by Gasteiger charge is -2.24. The van der Waals surface area contributed by atoms with Gasteiger partial charge in [-0.15, -0.1) is 0 Å². The molecule has 0 saturated heterocycles. The van der Waals surface area contributed by atoms with Crippen molar-refractivity contribution in [3.8, 4) is 5.75 Å². The Morgan fingerprint density at radius 1 is 1.12 bits per heavy atom. The molecule has 0 radical (unpaired) electrons. The third kappa shape index (κ3) is 5.36. The molecule has 0 spiro atoms. The van der Waals surface area contributed by atoms with Crippen LogP contribution >= 0.6 is 0 Å². The van der Waals surface area contributed by atoms with Crippen LogP contribution in [-0.2, 0) is 6.54 Å². The van der Waals surface area contributed by atoms with Gasteiger partial charge in [-0.2, -0.15) is 0 Å². The number of aryl methyl sites for hydroxylation is 2. The van der Waals surface area contributed by atoms with Gasteiger partial charge in [0.05, 0.1) is 13.2 Å². The zero-order valence-corrected chi connectivity index (χ0v) is 15.8. The van der Waals surface area contributed by atoms with Gasteiger partial charge in [0.1, 0.15) is 17.3 Å². The second-order valence-electron chi connectivity index (χ2n) is 6.46. The number of benzene rings is 1. The van der Waals surface area contributed by atoms with E-state index in [4.69, 9.17) is 9.15 Å². The smallest absolute Gasteiger partial charge is 0.254 e. The van der Waals surface area contributed by atoms with Crippen LogP contribution in [0.3, 0.4) is 0 Å². The Bertz CT molecular complexity index is 707. The van der Waals surface area contributed by atoms with Crippen LogP contribution in [0.4, 0.5) is 0 Å². The van der Waals surface area contributed by atoms with Crippen molar-refractivity contribution in [3.05, 3.63) is 53.0 Å². The molecule has 5 heteroatoms. The Labute approximate surface area is 150 Å². The van der Waals surface area contributed by atoms with Crippen LogP contribution in [0.25, 0.3) is 0 Å². The Balaban J connectivity index is 2.19. The van der Waals surface area contributed by atoms with Crippen molar-refractivity contribution in [1.82, 2.24) is 9.80 Å². The molecule has 5 nitrogen and oxygen atoms in total. The standard InChI is InChI=1S/C20H28N2O3/c1-6-24-19-10-8-17(13-15(19)2)20(23)22(12-11-21(4)5)14-18-9-7-16(3)25-18/h7-10,13H,6,11-12,14H2,1-5H3. The Kier molecular flexibility index (Phi) is 6.65. The van der Waals surface area contributed by atoms with Gasteiger partial charge in [0, 0.05) is 18.7 Å². The minimum Gasteiger partial charge on any atom is -0.494 e. The average Bonchev–Trinajstić information content (AvgIpc) is 2.97. The number of furan rings is 1. The molecule has 0 fully saturated rings. The van der Waals surface area contributed by atoms with E-state index in [2.05, 4.69) is 4.90 Å². The highest BCUT2D eigenvalue weighted by atomic mass is 16.5. The number of likely N-dealkylation sites (N-methyl/N-ethyl adjacent to an activating group) is 1. The van der Waals surface area contributed by atoms with Crippen LogP contribution in [0.5, 0.6) is 5.75 Å². The predicted octanol–water partition coefficient (Wildman–Crippen LogP) is 3.50. The molecule has 0 aliphatic heterocycles. The molecule has 0 saturated carbocycles. The quantitative estimate of drug-likeness (QED) is 0.735. The van der Waals surface area contributed by atoms with Crippen molar-refractivity contribution in [2.45, 2.75) is 27.3 Å². The van der Waals surface area contributed by atoms with Gasteiger partial charge >= 0.3 is 0 Å². The fraction of sp³-hybridized carbons (Fsp3) is 0.450. The summed E-state index contributed by atoms with van der Waals surface area (Å²) in [6, 6.07) is 9.44. The third-order valence-electron chi connectivity index (χ3n) is 3.97. The van der Waals surface area contributed by atoms with E-state index < -0.39 is 0 Å². The molecule has 0 unspecified atom stereocenters. The molecular formula is C20H28N2O3. The van der Waals surface area contributed by atoms with E-state index in [1.807, 2.05) is 70.1 Å². The summed E-state index contributed by atoms with van der Waals surface area (Å²) in [5, 5.41) is 0. The monoisotopic (exact) mass is 344 g/mol. The molecule has 25 heavy (non-hydrogen) atoms. The number of amides is 1. The fourth-order valence-electron chi connectivity index (χ4n) is 2.61. The maximum Gasteiger partial charge on any atom is 0.254 e. The number of carbonyl (C=O) groups excluding carboxylic acids is 1. The second-order valence-corrected chi connectivity index (χ2v) is 6.46. The number of hydrogen-bond acceptors (Lipinski definition) is 4. The zero-order chi connectivity index (χ0) is 18.4. The molecule has 0 atom stereocenters. The first kappa shape index (κ1) is 19.1. The molecule has 0 N–H and O–H groups in total. The molecule has 1 amide bonds. The van der Waals surface area contributed by atoms with E-state index in [0.29, 0.717) is 25.3 Å². The summed E-state index contributed by atoms with van der Waals surface area (Å²) in [5.41, 5.74) is 1.64. The van der Waals surface area contributed by atoms with Gasteiger partial charge in [-0.1, -0.05) is 0 Å². The molecule has 0 aliphatic carbocycles. The summed E-state index contributed by atoms with van der Waals surface area (Å²) in [6.45, 7) is 8.33. The Morgan fingerprint density at radius 3 is 2.44 bits per heavy atom. The molecule has 0 bridgehead atoms. The lowest BCUT2D eigenvalue weighted by atomic mass is 10.1. The van der Waals surface area contributed by atoms with Gasteiger partial charge < -0.3 is 19.0 Å². The van der Waals surface area contributed by atoms with E-state index in [9.17, 15) is 4.79 Å². The molecule has 2 aromatic rings. The average molecular weight is 344 g/mol. The maximum atomic E-state index is 13.0. The van der Waals surface area contributed by atoms with E-state index in [1.54, 1.807) is 0 Å². The van der Waals surface area contributed by atoms with Gasteiger partial charge in [0.15, 0.2) is 0 Å². The number of nitrogens with zero attached hydrogens (tertiary/aromatic N) is 2. The van der Waals surface area contributed by atoms with E-state index in [-0.39, 0.29) is 5.91 Å². The van der Waals surface area contributed by atoms with Crippen molar-refractivity contribution < 1.29 is 13.9 Å². The molecule has 0 aliphatic rings. The molecule has 2 rings (SSSR count). The van der Waals surface area contributed by atoms with Gasteiger partial charge in [0.2, 0.25) is 0 Å². The largest absolute Gasteiger partial charge is 0.494 e. The third-order valence-corrected chi connectivity index (χ3v) is 3.97. The van der Waals surface area contributed by atoms with Crippen molar-refractivity contribution in [3.63, 3.8) is 0 Å². The molecule has 1 heterocycles. The summed E-state index contributed by atoms with van der Waals surface area (Å²) < 4.78 is 11.2. The SMILES string of the molecule is CCOc1ccc(C(=O)N(CCN(C)C)Cc2ccc(C)o2)cc1C. The van der Waals surface area contributed by atoms with Crippen LogP contribution in [0.2, 0.25) is 0 Å². The molecular weight excluding hydrogens is 316 g/mol. The molecule has 1 aromatic carbocycles. The fourth-order valence-corrected chi connectivity index (χ4v) is 2.61. The maximum absolute atomic E-state index is 13.0. The first-order valence-corrected chi connectivity index (χ1v) is 8.63. The lowest BCUT2D eigenvalue weighted by molar-refractivity contribution is 0.0719. The van der Waals surface area contributed by atoms with Gasteiger partial charge in [0.25, 0.3) is 5.91 Å². The molecule has 1 aromatic heterocycles. The normalized spacial score (nSPS) is 11.0. The van der Waals surface area contributed by atoms with Crippen molar-refractivity contribution in [1.29, 1.82) is 0 Å². The summed E-state index contributed by atoms with van der Waals surface area (Å²) in [7, 11) is 4.00. The van der Waals surface area contributed by atoms with Crippen molar-refractivity contribution in [2.24, 2.45) is 0 Å². The summed E-state index contributed by atoms with van der Waals surface area (Å²) >= 11 is 0. The minimum absolute atomic E-state index is 0.00190. The number of ether oxygens (including phenoxy) is 1. The number of carbonyl (C=O) groups is 1. The number of rotatable bonds is 8. The highest BCUT2D eigenvalue weighted by Crippen LogP contribution is 2.21. The number of hydrogen-bond donors (Lipinski definition) is 0. The van der Waals surface area contributed by atoms with Crippen molar-refractivity contribution >= 4 is 5.91 Å². The first-order valence-electron chi connectivity index (χ1n) is 8.63. The van der Waals surface area contributed by atoms with Gasteiger partial charge in [-0.3, -0.25) is 4.79 Å². The molecule has 136 valence electrons. The highest BCUT2D eigenvalue weighted by molar-refractivity contribution is 5.94. The van der Waals surface area contributed by atoms with E-state index in [0.717, 1.165) is 29.4 Å². The second kappa shape index (κ2) is 8.72. The lowest BCUT2D eigenvalue weighted by Crippen LogP contribution is -2.36. The van der Waals surface area contributed by atoms with Crippen LogP contribution < -0.4 is 4.74 Å². The summed E-state index contributed by atoms with van der Waals surface area (Å²) in [6.07, 6.45) is 0. The van der Waals surface area contributed by atoms with Gasteiger partial charge in [-0.25, -0.2) is 0 Å². The van der Waals surface area contributed by atoms with Crippen LogP contribution in [0.1, 0.15) is 34.4 Å². The minimum atomic E-state index is 0.00190. The van der Waals surface area contributed by atoms with Crippen molar-refractivity contribution in [2.75, 3.05) is 33.8 Å². The zero-order valence-electron chi connectivity index (χ0n) is 15.8. The van der Waals surface area contributed by atoms with Crippen LogP contribution in [0, 0.1) is 13.8 Å². The topological polar surface area (TPSA) is 45.9 Å². The van der Waals surface area contributed by atoms with Gasteiger partial charge in [-0.05, 0) is 70.8 Å². The summed E-state index contributed by atoms with van der Waals surface area (Å²) in [5.74, 6) is 2.47. The highest BCUT2D eigenvalue weighted by Gasteiger charge is 2.18. The van der Waals surface area contributed by atoms with Crippen LogP contribution in [-0.4, -0.2) is 49.5 Å².